The lowest BCUT2D eigenvalue weighted by Gasteiger charge is -2.29. The number of hydrogen-bond acceptors (Lipinski definition) is 5. The Morgan fingerprint density at radius 1 is 1.07 bits per heavy atom. The summed E-state index contributed by atoms with van der Waals surface area (Å²) in [6, 6.07) is 14.3. The van der Waals surface area contributed by atoms with Gasteiger partial charge < -0.3 is 15.1 Å². The van der Waals surface area contributed by atoms with E-state index in [-0.39, 0.29) is 11.9 Å². The van der Waals surface area contributed by atoms with Gasteiger partial charge in [-0.15, -0.1) is 0 Å². The zero-order valence-electron chi connectivity index (χ0n) is 17.4. The van der Waals surface area contributed by atoms with Crippen LogP contribution in [0.1, 0.15) is 36.2 Å². The average molecular weight is 405 g/mol. The van der Waals surface area contributed by atoms with Crippen LogP contribution in [0.2, 0.25) is 0 Å². The molecule has 7 nitrogen and oxygen atoms in total. The highest BCUT2D eigenvalue weighted by atomic mass is 16.2. The van der Waals surface area contributed by atoms with Gasteiger partial charge in [0, 0.05) is 43.4 Å². The first-order valence-corrected chi connectivity index (χ1v) is 10.9. The molecule has 0 aliphatic carbocycles. The zero-order chi connectivity index (χ0) is 20.5. The van der Waals surface area contributed by atoms with Crippen molar-refractivity contribution in [1.82, 2.24) is 24.8 Å². The van der Waals surface area contributed by atoms with Crippen LogP contribution in [0.5, 0.6) is 0 Å². The summed E-state index contributed by atoms with van der Waals surface area (Å²) in [5.41, 5.74) is 3.12. The van der Waals surface area contributed by atoms with Gasteiger partial charge in [-0.2, -0.15) is 9.61 Å². The molecule has 0 radical (unpaired) electrons. The van der Waals surface area contributed by atoms with Gasteiger partial charge >= 0.3 is 0 Å². The largest absolute Gasteiger partial charge is 0.356 e. The van der Waals surface area contributed by atoms with Crippen LogP contribution in [0.25, 0.3) is 16.9 Å². The summed E-state index contributed by atoms with van der Waals surface area (Å²) < 4.78 is 1.84. The van der Waals surface area contributed by atoms with E-state index in [1.807, 2.05) is 28.8 Å². The molecular weight excluding hydrogens is 376 g/mol. The second-order valence-electron chi connectivity index (χ2n) is 8.43. The minimum absolute atomic E-state index is 0.119. The summed E-state index contributed by atoms with van der Waals surface area (Å²) in [5, 5.41) is 7.80. The molecule has 156 valence electrons. The maximum absolute atomic E-state index is 12.9. The highest BCUT2D eigenvalue weighted by Gasteiger charge is 2.24. The van der Waals surface area contributed by atoms with Crippen LogP contribution in [0.3, 0.4) is 0 Å². The van der Waals surface area contributed by atoms with Crippen molar-refractivity contribution in [2.45, 2.75) is 31.7 Å². The van der Waals surface area contributed by atoms with Crippen LogP contribution >= 0.6 is 0 Å². The molecule has 1 aromatic carbocycles. The number of piperidine rings is 1. The van der Waals surface area contributed by atoms with E-state index >= 15 is 0 Å². The van der Waals surface area contributed by atoms with E-state index in [4.69, 9.17) is 4.98 Å². The fraction of sp³-hybridized carbons (Fsp3) is 0.435. The number of rotatable bonds is 4. The second-order valence-corrected chi connectivity index (χ2v) is 8.43. The number of nitrogens with zero attached hydrogens (tertiary/aromatic N) is 5. The number of anilines is 1. The predicted molar refractivity (Wildman–Crippen MR) is 118 cm³/mol. The van der Waals surface area contributed by atoms with Crippen LogP contribution < -0.4 is 10.2 Å². The van der Waals surface area contributed by atoms with Gasteiger partial charge in [0.1, 0.15) is 5.82 Å². The van der Waals surface area contributed by atoms with Gasteiger partial charge in [-0.05, 0) is 39.3 Å². The number of benzene rings is 1. The lowest BCUT2D eigenvalue weighted by molar-refractivity contribution is 0.0933. The number of likely N-dealkylation sites (N-methyl/N-ethyl adjacent to an activating group) is 1. The number of nitrogens with one attached hydrogen (secondary N) is 1. The molecule has 1 N–H and O–H groups in total. The molecule has 0 saturated carbocycles. The molecule has 0 bridgehead atoms. The molecule has 1 amide bonds. The van der Waals surface area contributed by atoms with E-state index < -0.39 is 0 Å². The minimum atomic E-state index is -0.119. The molecule has 2 aliphatic rings. The molecule has 2 aromatic heterocycles. The van der Waals surface area contributed by atoms with Gasteiger partial charge in [-0.25, -0.2) is 4.98 Å². The van der Waals surface area contributed by atoms with Crippen LogP contribution in [0.4, 0.5) is 5.82 Å². The van der Waals surface area contributed by atoms with E-state index in [9.17, 15) is 4.79 Å². The lowest BCUT2D eigenvalue weighted by atomic mass is 10.1. The van der Waals surface area contributed by atoms with Crippen LogP contribution in [-0.4, -0.2) is 64.7 Å². The van der Waals surface area contributed by atoms with Crippen molar-refractivity contribution >= 4 is 17.4 Å². The monoisotopic (exact) mass is 404 g/mol. The first kappa shape index (κ1) is 19.1. The first-order valence-electron chi connectivity index (χ1n) is 10.9. The summed E-state index contributed by atoms with van der Waals surface area (Å²) in [4.78, 5) is 22.3. The minimum Gasteiger partial charge on any atom is -0.356 e. The standard InChI is InChI=1S/C23H28N6O/c1-27-13-10-18(16-27)24-23(30)20-14-21-25-19(17-8-4-2-5-9-17)15-22(29(21)26-20)28-11-6-3-7-12-28/h2,4-5,8-9,14-15,18H,3,6-7,10-13,16H2,1H3,(H,24,30). The lowest BCUT2D eigenvalue weighted by Crippen LogP contribution is -2.36. The molecule has 2 saturated heterocycles. The molecule has 2 fully saturated rings. The van der Waals surface area contributed by atoms with Gasteiger partial charge in [-0.3, -0.25) is 4.79 Å². The zero-order valence-corrected chi connectivity index (χ0v) is 17.4. The van der Waals surface area contributed by atoms with Gasteiger partial charge in [0.25, 0.3) is 5.91 Å². The number of carbonyl (C=O) groups is 1. The Bertz CT molecular complexity index is 1040. The topological polar surface area (TPSA) is 65.8 Å². The third-order valence-electron chi connectivity index (χ3n) is 6.12. The van der Waals surface area contributed by atoms with Gasteiger partial charge in [0.2, 0.25) is 0 Å². The van der Waals surface area contributed by atoms with Crippen molar-refractivity contribution in [2.75, 3.05) is 38.1 Å². The van der Waals surface area contributed by atoms with Gasteiger partial charge in [0.05, 0.1) is 5.69 Å². The van der Waals surface area contributed by atoms with Crippen molar-refractivity contribution < 1.29 is 4.79 Å². The summed E-state index contributed by atoms with van der Waals surface area (Å²) in [5.74, 6) is 0.893. The van der Waals surface area contributed by atoms with Crippen molar-refractivity contribution in [2.24, 2.45) is 0 Å². The fourth-order valence-corrected chi connectivity index (χ4v) is 4.49. The van der Waals surface area contributed by atoms with Crippen molar-refractivity contribution in [3.05, 3.63) is 48.2 Å². The Hall–Kier alpha value is -2.93. The second kappa shape index (κ2) is 8.07. The van der Waals surface area contributed by atoms with E-state index in [0.29, 0.717) is 11.3 Å². The number of hydrogen-bond donors (Lipinski definition) is 1. The average Bonchev–Trinajstić information content (AvgIpc) is 3.40. The summed E-state index contributed by atoms with van der Waals surface area (Å²) in [7, 11) is 2.08. The summed E-state index contributed by atoms with van der Waals surface area (Å²) in [6.07, 6.45) is 4.59. The van der Waals surface area contributed by atoms with Crippen LogP contribution in [0.15, 0.2) is 42.5 Å². The third kappa shape index (κ3) is 3.77. The quantitative estimate of drug-likeness (QED) is 0.724. The Kier molecular flexibility index (Phi) is 5.12. The number of carbonyl (C=O) groups excluding carboxylic acids is 1. The Balaban J connectivity index is 1.52. The molecule has 3 aromatic rings. The fourth-order valence-electron chi connectivity index (χ4n) is 4.49. The highest BCUT2D eigenvalue weighted by Crippen LogP contribution is 2.27. The normalized spacial score (nSPS) is 20.0. The highest BCUT2D eigenvalue weighted by molar-refractivity contribution is 5.93. The van der Waals surface area contributed by atoms with Crippen molar-refractivity contribution in [3.63, 3.8) is 0 Å². The Morgan fingerprint density at radius 3 is 2.60 bits per heavy atom. The van der Waals surface area contributed by atoms with E-state index in [1.54, 1.807) is 0 Å². The molecule has 30 heavy (non-hydrogen) atoms. The van der Waals surface area contributed by atoms with E-state index in [0.717, 1.165) is 49.7 Å². The molecule has 2 aliphatic heterocycles. The maximum Gasteiger partial charge on any atom is 0.272 e. The molecule has 1 unspecified atom stereocenters. The van der Waals surface area contributed by atoms with Crippen LogP contribution in [0, 0.1) is 0 Å². The number of amides is 1. The Labute approximate surface area is 176 Å². The molecular formula is C23H28N6O. The van der Waals surface area contributed by atoms with E-state index in [2.05, 4.69) is 45.5 Å². The number of aromatic nitrogens is 3. The van der Waals surface area contributed by atoms with Crippen LogP contribution in [-0.2, 0) is 0 Å². The maximum atomic E-state index is 12.9. The molecule has 1 atom stereocenters. The van der Waals surface area contributed by atoms with Gasteiger partial charge in [-0.1, -0.05) is 30.3 Å². The number of likely N-dealkylation sites (tertiary alicyclic amines) is 1. The van der Waals surface area contributed by atoms with Gasteiger partial charge in [0.15, 0.2) is 11.3 Å². The molecule has 5 rings (SSSR count). The van der Waals surface area contributed by atoms with Crippen molar-refractivity contribution in [1.29, 1.82) is 0 Å². The predicted octanol–water partition coefficient (Wildman–Crippen LogP) is 2.82. The third-order valence-corrected chi connectivity index (χ3v) is 6.12. The first-order chi connectivity index (χ1) is 14.7. The number of fused-ring (bicyclic) bond motifs is 1. The Morgan fingerprint density at radius 2 is 1.87 bits per heavy atom. The SMILES string of the molecule is CN1CCC(NC(=O)c2cc3nc(-c4ccccc4)cc(N4CCCCC4)n3n2)C1. The molecule has 4 heterocycles. The molecule has 7 heteroatoms. The summed E-state index contributed by atoms with van der Waals surface area (Å²) >= 11 is 0. The van der Waals surface area contributed by atoms with Crippen molar-refractivity contribution in [3.8, 4) is 11.3 Å². The smallest absolute Gasteiger partial charge is 0.272 e. The van der Waals surface area contributed by atoms with E-state index in [1.165, 1.54) is 19.3 Å². The summed E-state index contributed by atoms with van der Waals surface area (Å²) in [6.45, 7) is 3.90. The molecule has 0 spiro atoms.